The first-order chi connectivity index (χ1) is 8.09. The van der Waals surface area contributed by atoms with Gasteiger partial charge in [0.25, 0.3) is 0 Å². The van der Waals surface area contributed by atoms with Gasteiger partial charge in [-0.1, -0.05) is 24.3 Å². The van der Waals surface area contributed by atoms with Crippen molar-refractivity contribution in [3.63, 3.8) is 0 Å². The van der Waals surface area contributed by atoms with Crippen LogP contribution in [0.5, 0.6) is 17.2 Å². The quantitative estimate of drug-likeness (QED) is 0.470. The molecule has 0 saturated heterocycles. The number of phenolic OH excluding ortho intramolecular Hbond substituents is 3. The van der Waals surface area contributed by atoms with E-state index in [9.17, 15) is 15.3 Å². The highest BCUT2D eigenvalue weighted by Crippen LogP contribution is 2.32. The highest BCUT2D eigenvalue weighted by atomic mass is 16.3. The second kappa shape index (κ2) is 4.25. The third kappa shape index (κ3) is 2.10. The third-order valence-electron chi connectivity index (χ3n) is 2.65. The second-order valence-corrected chi connectivity index (χ2v) is 3.81. The highest BCUT2D eigenvalue weighted by Gasteiger charge is 2.09. The zero-order chi connectivity index (χ0) is 12.4. The van der Waals surface area contributed by atoms with Crippen LogP contribution in [0.25, 0.3) is 0 Å². The molecule has 0 saturated carbocycles. The van der Waals surface area contributed by atoms with E-state index in [0.717, 1.165) is 0 Å². The number of hydrogen-bond acceptors (Lipinski definition) is 4. The first-order valence-electron chi connectivity index (χ1n) is 5.15. The summed E-state index contributed by atoms with van der Waals surface area (Å²) >= 11 is 0. The van der Waals surface area contributed by atoms with Crippen LogP contribution in [0, 0.1) is 0 Å². The maximum Gasteiger partial charge on any atom is 0.161 e. The summed E-state index contributed by atoms with van der Waals surface area (Å²) in [5.74, 6) is -0.307. The fourth-order valence-corrected chi connectivity index (χ4v) is 1.68. The Hall–Kier alpha value is -2.36. The topological polar surface area (TPSA) is 86.7 Å². The summed E-state index contributed by atoms with van der Waals surface area (Å²) in [7, 11) is 0. The van der Waals surface area contributed by atoms with E-state index >= 15 is 0 Å². The molecule has 88 valence electrons. The fourth-order valence-electron chi connectivity index (χ4n) is 1.68. The minimum Gasteiger partial charge on any atom is -0.506 e. The van der Waals surface area contributed by atoms with E-state index in [1.54, 1.807) is 24.3 Å². The number of nitrogens with two attached hydrogens (primary N) is 1. The van der Waals surface area contributed by atoms with Gasteiger partial charge in [-0.2, -0.15) is 0 Å². The number of aromatic hydroxyl groups is 3. The Morgan fingerprint density at radius 2 is 1.41 bits per heavy atom. The molecule has 0 unspecified atom stereocenters. The molecule has 0 fully saturated rings. The Bertz CT molecular complexity index is 503. The maximum absolute atomic E-state index is 9.67. The number of rotatable bonds is 2. The summed E-state index contributed by atoms with van der Waals surface area (Å²) in [5, 5.41) is 28.5. The molecular weight excluding hydrogens is 218 g/mol. The van der Waals surface area contributed by atoms with E-state index < -0.39 is 0 Å². The zero-order valence-corrected chi connectivity index (χ0v) is 9.09. The third-order valence-corrected chi connectivity index (χ3v) is 2.65. The molecule has 0 bridgehead atoms. The van der Waals surface area contributed by atoms with Gasteiger partial charge in [0, 0.05) is 12.0 Å². The van der Waals surface area contributed by atoms with Gasteiger partial charge < -0.3 is 21.1 Å². The van der Waals surface area contributed by atoms with Crippen molar-refractivity contribution in [1.29, 1.82) is 0 Å². The normalized spacial score (nSPS) is 10.4. The Labute approximate surface area is 98.6 Å². The molecule has 0 amide bonds. The number of anilines is 1. The average molecular weight is 231 g/mol. The summed E-state index contributed by atoms with van der Waals surface area (Å²) < 4.78 is 0. The van der Waals surface area contributed by atoms with Gasteiger partial charge in [0.2, 0.25) is 0 Å². The van der Waals surface area contributed by atoms with E-state index in [1.807, 2.05) is 0 Å². The molecule has 0 aliphatic rings. The summed E-state index contributed by atoms with van der Waals surface area (Å²) in [6.07, 6.45) is 0.348. The molecular formula is C13H13NO3. The van der Waals surface area contributed by atoms with Crippen molar-refractivity contribution in [2.24, 2.45) is 0 Å². The Balaban J connectivity index is 2.38. The van der Waals surface area contributed by atoms with Crippen LogP contribution in [0.2, 0.25) is 0 Å². The Kier molecular flexibility index (Phi) is 2.78. The van der Waals surface area contributed by atoms with Crippen molar-refractivity contribution in [2.75, 3.05) is 5.73 Å². The lowest BCUT2D eigenvalue weighted by Gasteiger charge is -2.09. The summed E-state index contributed by atoms with van der Waals surface area (Å²) in [4.78, 5) is 0. The molecule has 0 heterocycles. The minimum absolute atomic E-state index is 0.0159. The fraction of sp³-hybridized carbons (Fsp3) is 0.0769. The van der Waals surface area contributed by atoms with Gasteiger partial charge in [0.05, 0.1) is 5.69 Å². The molecule has 5 N–H and O–H groups in total. The number of hydrogen-bond donors (Lipinski definition) is 4. The molecule has 0 atom stereocenters. The van der Waals surface area contributed by atoms with Crippen LogP contribution >= 0.6 is 0 Å². The molecule has 0 spiro atoms. The van der Waals surface area contributed by atoms with Gasteiger partial charge in [-0.05, 0) is 17.7 Å². The summed E-state index contributed by atoms with van der Waals surface area (Å²) in [6.45, 7) is 0. The average Bonchev–Trinajstić information content (AvgIpc) is 2.31. The molecule has 2 rings (SSSR count). The molecule has 0 aliphatic heterocycles. The second-order valence-electron chi connectivity index (χ2n) is 3.81. The van der Waals surface area contributed by atoms with Gasteiger partial charge in [0.1, 0.15) is 5.75 Å². The van der Waals surface area contributed by atoms with Crippen LogP contribution in [0.3, 0.4) is 0 Å². The van der Waals surface area contributed by atoms with Gasteiger partial charge in [-0.15, -0.1) is 0 Å². The van der Waals surface area contributed by atoms with E-state index in [4.69, 9.17) is 5.73 Å². The number of benzene rings is 2. The number of para-hydroxylation sites is 2. The van der Waals surface area contributed by atoms with E-state index in [0.29, 0.717) is 17.5 Å². The lowest BCUT2D eigenvalue weighted by molar-refractivity contribution is 0.400. The molecule has 17 heavy (non-hydrogen) atoms. The molecule has 2 aromatic rings. The van der Waals surface area contributed by atoms with Crippen LogP contribution in [0.15, 0.2) is 36.4 Å². The van der Waals surface area contributed by atoms with Crippen LogP contribution < -0.4 is 5.73 Å². The van der Waals surface area contributed by atoms with Gasteiger partial charge in [0.15, 0.2) is 11.5 Å². The lowest BCUT2D eigenvalue weighted by atomic mass is 10.0. The van der Waals surface area contributed by atoms with Crippen molar-refractivity contribution in [3.05, 3.63) is 47.5 Å². The zero-order valence-electron chi connectivity index (χ0n) is 9.09. The van der Waals surface area contributed by atoms with Crippen molar-refractivity contribution < 1.29 is 15.3 Å². The van der Waals surface area contributed by atoms with Crippen molar-refractivity contribution in [2.45, 2.75) is 6.42 Å². The molecule has 0 aromatic heterocycles. The standard InChI is InChI=1S/C13H13NO3/c14-12-8(3-1-5-10(12)15)7-9-4-2-6-11(16)13(9)17/h1-6,15-17H,7,14H2. The highest BCUT2D eigenvalue weighted by molar-refractivity contribution is 5.60. The van der Waals surface area contributed by atoms with E-state index in [2.05, 4.69) is 0 Å². The predicted octanol–water partition coefficient (Wildman–Crippen LogP) is 1.98. The largest absolute Gasteiger partial charge is 0.506 e. The predicted molar refractivity (Wildman–Crippen MR) is 65.1 cm³/mol. The monoisotopic (exact) mass is 231 g/mol. The molecule has 0 aliphatic carbocycles. The first-order valence-corrected chi connectivity index (χ1v) is 5.15. The smallest absolute Gasteiger partial charge is 0.161 e. The van der Waals surface area contributed by atoms with Crippen LogP contribution in [-0.2, 0) is 6.42 Å². The number of nitrogen functional groups attached to an aromatic ring is 1. The van der Waals surface area contributed by atoms with Crippen LogP contribution in [-0.4, -0.2) is 15.3 Å². The summed E-state index contributed by atoms with van der Waals surface area (Å²) in [5.41, 5.74) is 7.27. The number of phenols is 3. The van der Waals surface area contributed by atoms with Crippen molar-refractivity contribution in [3.8, 4) is 17.2 Å². The van der Waals surface area contributed by atoms with Gasteiger partial charge in [-0.3, -0.25) is 0 Å². The molecule has 4 heteroatoms. The van der Waals surface area contributed by atoms with Crippen molar-refractivity contribution in [1.82, 2.24) is 0 Å². The van der Waals surface area contributed by atoms with Crippen LogP contribution in [0.4, 0.5) is 5.69 Å². The van der Waals surface area contributed by atoms with Gasteiger partial charge >= 0.3 is 0 Å². The SMILES string of the molecule is Nc1c(O)cccc1Cc1cccc(O)c1O. The molecule has 0 radical (unpaired) electrons. The molecule has 4 nitrogen and oxygen atoms in total. The maximum atomic E-state index is 9.67. The Morgan fingerprint density at radius 1 is 0.824 bits per heavy atom. The van der Waals surface area contributed by atoms with Crippen LogP contribution in [0.1, 0.15) is 11.1 Å². The molecule has 2 aromatic carbocycles. The first kappa shape index (κ1) is 11.1. The van der Waals surface area contributed by atoms with E-state index in [1.165, 1.54) is 12.1 Å². The Morgan fingerprint density at radius 3 is 2.12 bits per heavy atom. The van der Waals surface area contributed by atoms with Gasteiger partial charge in [-0.25, -0.2) is 0 Å². The lowest BCUT2D eigenvalue weighted by Crippen LogP contribution is -1.96. The van der Waals surface area contributed by atoms with E-state index in [-0.39, 0.29) is 22.9 Å². The summed E-state index contributed by atoms with van der Waals surface area (Å²) in [6, 6.07) is 9.69. The van der Waals surface area contributed by atoms with Crippen molar-refractivity contribution >= 4 is 5.69 Å². The minimum atomic E-state index is -0.166.